The van der Waals surface area contributed by atoms with E-state index < -0.39 is 0 Å². The van der Waals surface area contributed by atoms with Crippen molar-refractivity contribution in [1.29, 1.82) is 0 Å². The summed E-state index contributed by atoms with van der Waals surface area (Å²) in [6.07, 6.45) is 1.28. The van der Waals surface area contributed by atoms with Crippen molar-refractivity contribution in [2.75, 3.05) is 50.9 Å². The van der Waals surface area contributed by atoms with Crippen molar-refractivity contribution in [2.45, 2.75) is 13.5 Å². The Morgan fingerprint density at radius 3 is 2.81 bits per heavy atom. The Bertz CT molecular complexity index is 982. The number of aromatic nitrogens is 1. The number of nitrogens with zero attached hydrogens (tertiary/aromatic N) is 3. The topological polar surface area (TPSA) is 114 Å². The molecule has 1 saturated heterocycles. The number of hydrogen-bond donors (Lipinski definition) is 1. The predicted octanol–water partition coefficient (Wildman–Crippen LogP) is 0.865. The average molecular weight is 428 g/mol. The van der Waals surface area contributed by atoms with Gasteiger partial charge < -0.3 is 19.2 Å². The quantitative estimate of drug-likeness (QED) is 0.646. The number of morpholine rings is 1. The van der Waals surface area contributed by atoms with Gasteiger partial charge in [-0.15, -0.1) is 0 Å². The van der Waals surface area contributed by atoms with Crippen LogP contribution < -0.4 is 15.0 Å². The smallest absolute Gasteiger partial charge is 0.273 e. The molecule has 0 unspecified atom stereocenters. The third-order valence-corrected chi connectivity index (χ3v) is 5.20. The fourth-order valence-corrected chi connectivity index (χ4v) is 3.46. The maximum Gasteiger partial charge on any atom is 0.273 e. The Morgan fingerprint density at radius 2 is 2.03 bits per heavy atom. The van der Waals surface area contributed by atoms with Crippen molar-refractivity contribution < 1.29 is 28.3 Å². The lowest BCUT2D eigenvalue weighted by Crippen LogP contribution is -2.41. The van der Waals surface area contributed by atoms with Gasteiger partial charge in [-0.25, -0.2) is 4.98 Å². The lowest BCUT2D eigenvalue weighted by Gasteiger charge is -2.28. The molecule has 0 spiro atoms. The molecule has 1 aromatic heterocycles. The molecular formula is C21H24N4O6. The standard InChI is InChI=1S/C21H24N4O6/c1-14(26)15-2-3-18-17(10-15)25(20(27)13-30-18)11-19-23-16(12-31-19)21(28)22-4-5-24-6-8-29-9-7-24/h2-3,10,12H,4-9,11,13H2,1H3,(H,22,28). The first-order chi connectivity index (χ1) is 15.0. The molecular weight excluding hydrogens is 404 g/mol. The van der Waals surface area contributed by atoms with Crippen LogP contribution in [0.4, 0.5) is 5.69 Å². The van der Waals surface area contributed by atoms with Crippen LogP contribution in [-0.4, -0.2) is 73.5 Å². The van der Waals surface area contributed by atoms with E-state index in [1.54, 1.807) is 18.2 Å². The Hall–Kier alpha value is -3.24. The largest absolute Gasteiger partial charge is 0.482 e. The van der Waals surface area contributed by atoms with Gasteiger partial charge >= 0.3 is 0 Å². The number of carbonyl (C=O) groups excluding carboxylic acids is 3. The molecule has 0 saturated carbocycles. The lowest BCUT2D eigenvalue weighted by molar-refractivity contribution is -0.121. The zero-order valence-corrected chi connectivity index (χ0v) is 17.3. The second kappa shape index (κ2) is 9.27. The molecule has 3 heterocycles. The molecule has 164 valence electrons. The summed E-state index contributed by atoms with van der Waals surface area (Å²) in [6.45, 7) is 5.70. The number of oxazole rings is 1. The van der Waals surface area contributed by atoms with Crippen molar-refractivity contribution >= 4 is 23.3 Å². The summed E-state index contributed by atoms with van der Waals surface area (Å²) in [4.78, 5) is 44.4. The molecule has 2 aromatic rings. The summed E-state index contributed by atoms with van der Waals surface area (Å²) in [7, 11) is 0. The van der Waals surface area contributed by atoms with Crippen molar-refractivity contribution in [3.05, 3.63) is 41.6 Å². The van der Waals surface area contributed by atoms with Crippen LogP contribution in [0.2, 0.25) is 0 Å². The minimum absolute atomic E-state index is 0.0254. The number of anilines is 1. The minimum atomic E-state index is -0.337. The Balaban J connectivity index is 1.39. The molecule has 2 aliphatic rings. The summed E-state index contributed by atoms with van der Waals surface area (Å²) >= 11 is 0. The van der Waals surface area contributed by atoms with E-state index in [1.165, 1.54) is 18.1 Å². The number of carbonyl (C=O) groups is 3. The highest BCUT2D eigenvalue weighted by atomic mass is 16.5. The number of hydrogen-bond acceptors (Lipinski definition) is 8. The predicted molar refractivity (Wildman–Crippen MR) is 109 cm³/mol. The first-order valence-electron chi connectivity index (χ1n) is 10.1. The van der Waals surface area contributed by atoms with E-state index in [9.17, 15) is 14.4 Å². The van der Waals surface area contributed by atoms with Crippen molar-refractivity contribution in [1.82, 2.24) is 15.2 Å². The summed E-state index contributed by atoms with van der Waals surface area (Å²) in [5.74, 6) is -0.0309. The molecule has 0 aliphatic carbocycles. The van der Waals surface area contributed by atoms with Gasteiger partial charge in [0.2, 0.25) is 5.89 Å². The van der Waals surface area contributed by atoms with E-state index in [1.807, 2.05) is 0 Å². The van der Waals surface area contributed by atoms with Gasteiger partial charge in [0, 0.05) is 31.7 Å². The second-order valence-corrected chi connectivity index (χ2v) is 7.34. The first kappa shape index (κ1) is 21.0. The molecule has 2 aliphatic heterocycles. The van der Waals surface area contributed by atoms with Crippen LogP contribution in [0.25, 0.3) is 0 Å². The van der Waals surface area contributed by atoms with Gasteiger partial charge in [-0.3, -0.25) is 24.2 Å². The number of benzene rings is 1. The third kappa shape index (κ3) is 4.92. The molecule has 31 heavy (non-hydrogen) atoms. The van der Waals surface area contributed by atoms with Crippen LogP contribution in [0.3, 0.4) is 0 Å². The van der Waals surface area contributed by atoms with Gasteiger partial charge in [0.05, 0.1) is 18.9 Å². The molecule has 1 aromatic carbocycles. The number of nitrogens with one attached hydrogen (secondary N) is 1. The molecule has 0 radical (unpaired) electrons. The number of Topliss-reactive ketones (excluding diaryl/α,β-unsaturated/α-hetero) is 1. The zero-order chi connectivity index (χ0) is 21.8. The van der Waals surface area contributed by atoms with Crippen LogP contribution in [-0.2, 0) is 16.1 Å². The molecule has 2 amide bonds. The zero-order valence-electron chi connectivity index (χ0n) is 17.3. The molecule has 10 heteroatoms. The molecule has 0 bridgehead atoms. The minimum Gasteiger partial charge on any atom is -0.482 e. The van der Waals surface area contributed by atoms with E-state index in [0.717, 1.165) is 19.6 Å². The van der Waals surface area contributed by atoms with Crippen LogP contribution in [0.15, 0.2) is 28.9 Å². The maximum atomic E-state index is 12.4. The number of fused-ring (bicyclic) bond motifs is 1. The summed E-state index contributed by atoms with van der Waals surface area (Å²) in [5, 5.41) is 2.83. The highest BCUT2D eigenvalue weighted by Gasteiger charge is 2.28. The fraction of sp³-hybridized carbons (Fsp3) is 0.429. The maximum absolute atomic E-state index is 12.4. The van der Waals surface area contributed by atoms with Gasteiger partial charge in [-0.05, 0) is 25.1 Å². The number of rotatable bonds is 7. The van der Waals surface area contributed by atoms with Crippen LogP contribution in [0.5, 0.6) is 5.75 Å². The van der Waals surface area contributed by atoms with Crippen molar-refractivity contribution in [3.63, 3.8) is 0 Å². The highest BCUT2D eigenvalue weighted by Crippen LogP contribution is 2.34. The van der Waals surface area contributed by atoms with Crippen LogP contribution >= 0.6 is 0 Å². The van der Waals surface area contributed by atoms with Gasteiger partial charge in [-0.1, -0.05) is 0 Å². The number of ketones is 1. The molecule has 1 fully saturated rings. The summed E-state index contributed by atoms with van der Waals surface area (Å²) in [6, 6.07) is 4.92. The molecule has 1 N–H and O–H groups in total. The van der Waals surface area contributed by atoms with E-state index in [2.05, 4.69) is 15.2 Å². The van der Waals surface area contributed by atoms with E-state index in [0.29, 0.717) is 36.8 Å². The normalized spacial score (nSPS) is 16.5. The van der Waals surface area contributed by atoms with Gasteiger partial charge in [0.25, 0.3) is 11.8 Å². The third-order valence-electron chi connectivity index (χ3n) is 5.20. The second-order valence-electron chi connectivity index (χ2n) is 7.34. The van der Waals surface area contributed by atoms with E-state index in [4.69, 9.17) is 13.9 Å². The average Bonchev–Trinajstić information content (AvgIpc) is 3.25. The Labute approximate surface area is 179 Å². The molecule has 0 atom stereocenters. The summed E-state index contributed by atoms with van der Waals surface area (Å²) in [5.41, 5.74) is 1.09. The highest BCUT2D eigenvalue weighted by molar-refractivity contribution is 6.01. The monoisotopic (exact) mass is 428 g/mol. The van der Waals surface area contributed by atoms with E-state index >= 15 is 0 Å². The molecule has 4 rings (SSSR count). The Kier molecular flexibility index (Phi) is 6.28. The number of ether oxygens (including phenoxy) is 2. The Morgan fingerprint density at radius 1 is 1.23 bits per heavy atom. The van der Waals surface area contributed by atoms with Crippen LogP contribution in [0, 0.1) is 0 Å². The van der Waals surface area contributed by atoms with Crippen molar-refractivity contribution in [2.24, 2.45) is 0 Å². The van der Waals surface area contributed by atoms with Gasteiger partial charge in [0.1, 0.15) is 18.6 Å². The number of amides is 2. The van der Waals surface area contributed by atoms with Crippen molar-refractivity contribution in [3.8, 4) is 5.75 Å². The van der Waals surface area contributed by atoms with E-state index in [-0.39, 0.29) is 42.3 Å². The van der Waals surface area contributed by atoms with Gasteiger partial charge in [-0.2, -0.15) is 0 Å². The SMILES string of the molecule is CC(=O)c1ccc2c(c1)N(Cc1nc(C(=O)NCCN3CCOCC3)co1)C(=O)CO2. The first-order valence-corrected chi connectivity index (χ1v) is 10.1. The fourth-order valence-electron chi connectivity index (χ4n) is 3.46. The summed E-state index contributed by atoms with van der Waals surface area (Å²) < 4.78 is 16.2. The van der Waals surface area contributed by atoms with Crippen LogP contribution in [0.1, 0.15) is 33.7 Å². The lowest BCUT2D eigenvalue weighted by atomic mass is 10.1. The molecule has 10 nitrogen and oxygen atoms in total. The van der Waals surface area contributed by atoms with Gasteiger partial charge in [0.15, 0.2) is 18.1 Å².